The quantitative estimate of drug-likeness (QED) is 0.674. The van der Waals surface area contributed by atoms with Crippen LogP contribution in [-0.4, -0.2) is 17.1 Å². The zero-order valence-corrected chi connectivity index (χ0v) is 10.1. The Morgan fingerprint density at radius 2 is 2.31 bits per heavy atom. The smallest absolute Gasteiger partial charge is 0.355 e. The Bertz CT molecular complexity index is 302. The van der Waals surface area contributed by atoms with Gasteiger partial charge in [0, 0.05) is 0 Å². The van der Waals surface area contributed by atoms with Crippen LogP contribution >= 0.6 is 34.2 Å². The number of aromatic amines is 1. The van der Waals surface area contributed by atoms with Crippen LogP contribution in [0.25, 0.3) is 0 Å². The highest BCUT2D eigenvalue weighted by atomic mass is 127. The van der Waals surface area contributed by atoms with Crippen LogP contribution in [0.5, 0.6) is 0 Å². The molecule has 0 saturated heterocycles. The highest BCUT2D eigenvalue weighted by Crippen LogP contribution is 2.19. The third-order valence-corrected chi connectivity index (χ3v) is 2.76. The third kappa shape index (κ3) is 2.87. The molecule has 0 unspecified atom stereocenters. The van der Waals surface area contributed by atoms with Gasteiger partial charge in [0.1, 0.15) is 5.69 Å². The molecule has 3 nitrogen and oxygen atoms in total. The van der Waals surface area contributed by atoms with Crippen LogP contribution in [0.4, 0.5) is 0 Å². The second-order valence-electron chi connectivity index (χ2n) is 2.80. The Morgan fingerprint density at radius 1 is 1.69 bits per heavy atom. The molecule has 1 N–H and O–H groups in total. The molecular weight excluding hydrogens is 304 g/mol. The summed E-state index contributed by atoms with van der Waals surface area (Å²) in [6.07, 6.45) is -0.118. The van der Waals surface area contributed by atoms with Crippen molar-refractivity contribution in [2.45, 2.75) is 20.0 Å². The number of carbonyl (C=O) groups excluding carboxylic acids is 1. The first-order valence-corrected chi connectivity index (χ1v) is 5.21. The molecule has 13 heavy (non-hydrogen) atoms. The average molecular weight is 314 g/mol. The van der Waals surface area contributed by atoms with Crippen LogP contribution in [0.2, 0.25) is 5.02 Å². The molecule has 0 fully saturated rings. The second kappa shape index (κ2) is 4.32. The number of carbonyl (C=O) groups is 1. The predicted octanol–water partition coefficient (Wildman–Crippen LogP) is 2.84. The first-order chi connectivity index (χ1) is 6.00. The Balaban J connectivity index is 2.77. The van der Waals surface area contributed by atoms with Crippen molar-refractivity contribution < 1.29 is 9.53 Å². The topological polar surface area (TPSA) is 42.1 Å². The van der Waals surface area contributed by atoms with E-state index >= 15 is 0 Å². The summed E-state index contributed by atoms with van der Waals surface area (Å²) in [5.41, 5.74) is 0.392. The Hall–Kier alpha value is -0.230. The van der Waals surface area contributed by atoms with Crippen LogP contribution in [0, 0.1) is 3.70 Å². The summed E-state index contributed by atoms with van der Waals surface area (Å²) >= 11 is 7.78. The molecule has 0 aliphatic rings. The lowest BCUT2D eigenvalue weighted by Crippen LogP contribution is -2.11. The molecule has 0 aliphatic carbocycles. The van der Waals surface area contributed by atoms with E-state index in [-0.39, 0.29) is 12.1 Å². The minimum absolute atomic E-state index is 0.118. The van der Waals surface area contributed by atoms with E-state index in [4.69, 9.17) is 16.3 Å². The SMILES string of the molecule is CC(C)OC(=O)c1cc(Cl)c(I)[nH]1. The summed E-state index contributed by atoms with van der Waals surface area (Å²) in [4.78, 5) is 14.1. The number of hydrogen-bond acceptors (Lipinski definition) is 2. The fourth-order valence-corrected chi connectivity index (χ4v) is 1.39. The van der Waals surface area contributed by atoms with Gasteiger partial charge in [0.05, 0.1) is 14.8 Å². The fourth-order valence-electron chi connectivity index (χ4n) is 0.792. The monoisotopic (exact) mass is 313 g/mol. The third-order valence-electron chi connectivity index (χ3n) is 1.29. The molecule has 0 amide bonds. The van der Waals surface area contributed by atoms with Gasteiger partial charge >= 0.3 is 5.97 Å². The maximum atomic E-state index is 11.3. The summed E-state index contributed by atoms with van der Waals surface area (Å²) in [6.45, 7) is 3.60. The van der Waals surface area contributed by atoms with Gasteiger partial charge in [-0.15, -0.1) is 0 Å². The summed E-state index contributed by atoms with van der Waals surface area (Å²) in [6, 6.07) is 1.56. The molecule has 0 bridgehead atoms. The van der Waals surface area contributed by atoms with Gasteiger partial charge in [-0.25, -0.2) is 4.79 Å². The van der Waals surface area contributed by atoms with E-state index in [1.165, 1.54) is 0 Å². The van der Waals surface area contributed by atoms with Crippen LogP contribution in [0.15, 0.2) is 6.07 Å². The van der Waals surface area contributed by atoms with Crippen LogP contribution in [0.3, 0.4) is 0 Å². The number of H-pyrrole nitrogens is 1. The van der Waals surface area contributed by atoms with Crippen molar-refractivity contribution >= 4 is 40.2 Å². The van der Waals surface area contributed by atoms with E-state index in [2.05, 4.69) is 4.98 Å². The van der Waals surface area contributed by atoms with Gasteiger partial charge in [-0.1, -0.05) is 11.6 Å². The molecule has 0 aliphatic heterocycles. The summed E-state index contributed by atoms with van der Waals surface area (Å²) in [5, 5.41) is 0.538. The zero-order valence-electron chi connectivity index (χ0n) is 7.23. The molecule has 0 radical (unpaired) electrons. The number of ether oxygens (including phenoxy) is 1. The van der Waals surface area contributed by atoms with Crippen molar-refractivity contribution in [3.05, 3.63) is 20.5 Å². The van der Waals surface area contributed by atoms with Gasteiger partial charge in [-0.3, -0.25) is 0 Å². The van der Waals surface area contributed by atoms with E-state index in [1.807, 2.05) is 22.6 Å². The maximum absolute atomic E-state index is 11.3. The number of halogens is 2. The van der Waals surface area contributed by atoms with Gasteiger partial charge in [-0.2, -0.15) is 0 Å². The largest absolute Gasteiger partial charge is 0.458 e. The highest BCUT2D eigenvalue weighted by Gasteiger charge is 2.13. The molecule has 0 aromatic carbocycles. The zero-order chi connectivity index (χ0) is 10.0. The van der Waals surface area contributed by atoms with Gasteiger partial charge < -0.3 is 9.72 Å². The number of rotatable bonds is 2. The van der Waals surface area contributed by atoms with Crippen molar-refractivity contribution in [1.29, 1.82) is 0 Å². The van der Waals surface area contributed by atoms with E-state index < -0.39 is 0 Å². The summed E-state index contributed by atoms with van der Waals surface area (Å²) in [5.74, 6) is -0.375. The molecule has 1 aromatic rings. The normalized spacial score (nSPS) is 10.5. The van der Waals surface area contributed by atoms with Crippen molar-refractivity contribution in [1.82, 2.24) is 4.98 Å². The van der Waals surface area contributed by atoms with Crippen LogP contribution in [0.1, 0.15) is 24.3 Å². The van der Waals surface area contributed by atoms with Gasteiger partial charge in [0.2, 0.25) is 0 Å². The van der Waals surface area contributed by atoms with Crippen LogP contribution < -0.4 is 0 Å². The lowest BCUT2D eigenvalue weighted by atomic mass is 10.4. The molecule has 0 spiro atoms. The van der Waals surface area contributed by atoms with E-state index in [0.717, 1.165) is 3.70 Å². The lowest BCUT2D eigenvalue weighted by molar-refractivity contribution is 0.0371. The van der Waals surface area contributed by atoms with Gasteiger partial charge in [0.15, 0.2) is 0 Å². The Kier molecular flexibility index (Phi) is 3.61. The molecule has 1 rings (SSSR count). The first-order valence-electron chi connectivity index (χ1n) is 3.75. The van der Waals surface area contributed by atoms with Crippen molar-refractivity contribution in [3.63, 3.8) is 0 Å². The fraction of sp³-hybridized carbons (Fsp3) is 0.375. The minimum atomic E-state index is -0.375. The Morgan fingerprint density at radius 3 is 2.69 bits per heavy atom. The second-order valence-corrected chi connectivity index (χ2v) is 4.28. The molecule has 72 valence electrons. The lowest BCUT2D eigenvalue weighted by Gasteiger charge is -2.05. The molecule has 1 heterocycles. The highest BCUT2D eigenvalue weighted by molar-refractivity contribution is 14.1. The summed E-state index contributed by atoms with van der Waals surface area (Å²) in [7, 11) is 0. The number of aromatic nitrogens is 1. The van der Waals surface area contributed by atoms with Crippen LogP contribution in [-0.2, 0) is 4.74 Å². The number of nitrogens with one attached hydrogen (secondary N) is 1. The first kappa shape index (κ1) is 10.8. The number of hydrogen-bond donors (Lipinski definition) is 1. The van der Waals surface area contributed by atoms with E-state index in [0.29, 0.717) is 10.7 Å². The molecule has 0 saturated carbocycles. The van der Waals surface area contributed by atoms with Gasteiger partial charge in [0.25, 0.3) is 0 Å². The standard InChI is InChI=1S/C8H9ClINO2/c1-4(2)13-8(12)6-3-5(9)7(10)11-6/h3-4,11H,1-2H3. The molecule has 5 heteroatoms. The average Bonchev–Trinajstić information content (AvgIpc) is 2.31. The van der Waals surface area contributed by atoms with Gasteiger partial charge in [-0.05, 0) is 42.5 Å². The molecule has 0 atom stereocenters. The number of esters is 1. The van der Waals surface area contributed by atoms with Crippen molar-refractivity contribution in [3.8, 4) is 0 Å². The van der Waals surface area contributed by atoms with Crippen molar-refractivity contribution in [2.24, 2.45) is 0 Å². The van der Waals surface area contributed by atoms with E-state index in [1.54, 1.807) is 19.9 Å². The van der Waals surface area contributed by atoms with Crippen molar-refractivity contribution in [2.75, 3.05) is 0 Å². The molecular formula is C8H9ClINO2. The van der Waals surface area contributed by atoms with E-state index in [9.17, 15) is 4.79 Å². The summed E-state index contributed by atoms with van der Waals surface area (Å²) < 4.78 is 5.72. The minimum Gasteiger partial charge on any atom is -0.458 e. The Labute approximate surface area is 94.9 Å². The molecule has 1 aromatic heterocycles. The predicted molar refractivity (Wildman–Crippen MR) is 59.1 cm³/mol. The maximum Gasteiger partial charge on any atom is 0.355 e.